The van der Waals surface area contributed by atoms with Crippen LogP contribution in [0.25, 0.3) is 0 Å². The average molecular weight is 267 g/mol. The van der Waals surface area contributed by atoms with Crippen LogP contribution in [0.3, 0.4) is 0 Å². The van der Waals surface area contributed by atoms with E-state index in [0.717, 1.165) is 32.3 Å². The summed E-state index contributed by atoms with van der Waals surface area (Å²) < 4.78 is 5.57. The Morgan fingerprint density at radius 2 is 2.00 bits per heavy atom. The molecule has 0 unspecified atom stereocenters. The fourth-order valence-electron chi connectivity index (χ4n) is 4.04. The van der Waals surface area contributed by atoms with Crippen molar-refractivity contribution in [3.8, 4) is 0 Å². The second-order valence-corrected chi connectivity index (χ2v) is 6.05. The first-order valence-corrected chi connectivity index (χ1v) is 7.26. The number of carbonyl (C=O) groups is 2. The minimum Gasteiger partial charge on any atom is -0.481 e. The van der Waals surface area contributed by atoms with Gasteiger partial charge in [-0.25, -0.2) is 0 Å². The van der Waals surface area contributed by atoms with Gasteiger partial charge in [-0.15, -0.1) is 0 Å². The zero-order valence-corrected chi connectivity index (χ0v) is 11.2. The summed E-state index contributed by atoms with van der Waals surface area (Å²) in [5, 5.41) is 9.23. The summed E-state index contributed by atoms with van der Waals surface area (Å²) in [6, 6.07) is 0.0665. The number of ether oxygens (including phenoxy) is 1. The fraction of sp³-hybridized carbons (Fsp3) is 0.857. The highest BCUT2D eigenvalue weighted by Gasteiger charge is 2.52. The molecule has 0 radical (unpaired) electrons. The van der Waals surface area contributed by atoms with E-state index in [0.29, 0.717) is 6.42 Å². The average Bonchev–Trinajstić information content (AvgIpc) is 2.96. The van der Waals surface area contributed by atoms with E-state index in [1.165, 1.54) is 0 Å². The summed E-state index contributed by atoms with van der Waals surface area (Å²) in [6.07, 6.45) is 4.19. The van der Waals surface area contributed by atoms with Crippen molar-refractivity contribution in [2.75, 3.05) is 6.61 Å². The Morgan fingerprint density at radius 1 is 1.21 bits per heavy atom. The predicted molar refractivity (Wildman–Crippen MR) is 67.5 cm³/mol. The summed E-state index contributed by atoms with van der Waals surface area (Å²) in [6.45, 7) is 2.68. The number of hydrogen-bond donors (Lipinski definition) is 1. The molecule has 106 valence electrons. The third kappa shape index (κ3) is 2.04. The van der Waals surface area contributed by atoms with Crippen molar-refractivity contribution in [3.63, 3.8) is 0 Å². The molecule has 5 heteroatoms. The maximum absolute atomic E-state index is 12.7. The molecule has 0 aliphatic carbocycles. The topological polar surface area (TPSA) is 66.8 Å². The summed E-state index contributed by atoms with van der Waals surface area (Å²) in [5.41, 5.74) is 0. The second kappa shape index (κ2) is 4.78. The van der Waals surface area contributed by atoms with E-state index in [4.69, 9.17) is 4.74 Å². The molecule has 0 spiro atoms. The number of carbonyl (C=O) groups excluding carboxylic acids is 1. The number of carboxylic acids is 1. The Bertz CT molecular complexity index is 397. The van der Waals surface area contributed by atoms with Crippen LogP contribution in [0, 0.1) is 11.8 Å². The Hall–Kier alpha value is -1.10. The lowest BCUT2D eigenvalue weighted by atomic mass is 9.89. The molecule has 0 saturated carbocycles. The van der Waals surface area contributed by atoms with Crippen LogP contribution in [0.1, 0.15) is 39.0 Å². The van der Waals surface area contributed by atoms with Gasteiger partial charge in [-0.2, -0.15) is 0 Å². The fourth-order valence-corrected chi connectivity index (χ4v) is 4.04. The number of amides is 1. The maximum Gasteiger partial charge on any atom is 0.308 e. The first kappa shape index (κ1) is 12.9. The van der Waals surface area contributed by atoms with Gasteiger partial charge in [-0.1, -0.05) is 0 Å². The molecule has 0 aromatic carbocycles. The molecule has 5 atom stereocenters. The van der Waals surface area contributed by atoms with Gasteiger partial charge in [0.2, 0.25) is 5.91 Å². The highest BCUT2D eigenvalue weighted by atomic mass is 16.5. The molecular formula is C14H21NO4. The highest BCUT2D eigenvalue weighted by Crippen LogP contribution is 2.43. The zero-order chi connectivity index (χ0) is 13.6. The third-order valence-corrected chi connectivity index (χ3v) is 5.03. The lowest BCUT2D eigenvalue weighted by Gasteiger charge is -2.33. The van der Waals surface area contributed by atoms with Crippen LogP contribution in [0.2, 0.25) is 0 Å². The lowest BCUT2D eigenvalue weighted by molar-refractivity contribution is -0.147. The monoisotopic (exact) mass is 267 g/mol. The van der Waals surface area contributed by atoms with Crippen LogP contribution >= 0.6 is 0 Å². The minimum atomic E-state index is -0.752. The highest BCUT2D eigenvalue weighted by molar-refractivity contribution is 5.83. The molecule has 5 nitrogen and oxygen atoms in total. The summed E-state index contributed by atoms with van der Waals surface area (Å²) in [4.78, 5) is 25.8. The molecule has 3 aliphatic rings. The molecule has 1 amide bonds. The first-order chi connectivity index (χ1) is 9.09. The predicted octanol–water partition coefficient (Wildman–Crippen LogP) is 1.27. The van der Waals surface area contributed by atoms with Gasteiger partial charge in [0, 0.05) is 18.7 Å². The number of nitrogens with zero attached hydrogens (tertiary/aromatic N) is 1. The van der Waals surface area contributed by atoms with Crippen molar-refractivity contribution in [3.05, 3.63) is 0 Å². The Morgan fingerprint density at radius 3 is 2.63 bits per heavy atom. The second-order valence-electron chi connectivity index (χ2n) is 6.05. The van der Waals surface area contributed by atoms with E-state index < -0.39 is 5.97 Å². The van der Waals surface area contributed by atoms with Crippen molar-refractivity contribution in [1.29, 1.82) is 0 Å². The van der Waals surface area contributed by atoms with E-state index in [2.05, 4.69) is 0 Å². The van der Waals surface area contributed by atoms with Gasteiger partial charge in [0.1, 0.15) is 0 Å². The number of aliphatic carboxylic acids is 1. The Labute approximate surface area is 112 Å². The van der Waals surface area contributed by atoms with Gasteiger partial charge in [-0.3, -0.25) is 9.59 Å². The molecule has 3 heterocycles. The third-order valence-electron chi connectivity index (χ3n) is 5.03. The van der Waals surface area contributed by atoms with Gasteiger partial charge in [0.05, 0.1) is 17.9 Å². The SMILES string of the molecule is C[C@@H]1OCCC[C@@H]1C(=O)N1[C@@H]2CC[C@H]1[C@H](C(=O)O)C2. The summed E-state index contributed by atoms with van der Waals surface area (Å²) in [7, 11) is 0. The number of carboxylic acid groups (broad SMARTS) is 1. The molecular weight excluding hydrogens is 246 g/mol. The van der Waals surface area contributed by atoms with Crippen molar-refractivity contribution in [2.45, 2.75) is 57.2 Å². The molecule has 3 saturated heterocycles. The van der Waals surface area contributed by atoms with Crippen LogP contribution in [0.5, 0.6) is 0 Å². The minimum absolute atomic E-state index is 0.0375. The van der Waals surface area contributed by atoms with Gasteiger partial charge in [0.25, 0.3) is 0 Å². The van der Waals surface area contributed by atoms with Gasteiger partial charge >= 0.3 is 5.97 Å². The number of hydrogen-bond acceptors (Lipinski definition) is 3. The Kier molecular flexibility index (Phi) is 3.25. The van der Waals surface area contributed by atoms with E-state index >= 15 is 0 Å². The Balaban J connectivity index is 1.75. The smallest absolute Gasteiger partial charge is 0.308 e. The van der Waals surface area contributed by atoms with E-state index in [1.54, 1.807) is 0 Å². The number of rotatable bonds is 2. The largest absolute Gasteiger partial charge is 0.481 e. The van der Waals surface area contributed by atoms with Crippen molar-refractivity contribution in [1.82, 2.24) is 4.90 Å². The van der Waals surface area contributed by atoms with E-state index in [9.17, 15) is 14.7 Å². The van der Waals surface area contributed by atoms with Crippen molar-refractivity contribution in [2.24, 2.45) is 11.8 Å². The van der Waals surface area contributed by atoms with Crippen LogP contribution in [0.15, 0.2) is 0 Å². The van der Waals surface area contributed by atoms with Gasteiger partial charge < -0.3 is 14.7 Å². The number of fused-ring (bicyclic) bond motifs is 2. The summed E-state index contributed by atoms with van der Waals surface area (Å²) >= 11 is 0. The molecule has 19 heavy (non-hydrogen) atoms. The molecule has 3 fully saturated rings. The lowest BCUT2D eigenvalue weighted by Crippen LogP contribution is -2.46. The molecule has 2 bridgehead atoms. The van der Waals surface area contributed by atoms with Gasteiger partial charge in [-0.05, 0) is 39.0 Å². The normalized spacial score (nSPS) is 41.5. The zero-order valence-electron chi connectivity index (χ0n) is 11.2. The van der Waals surface area contributed by atoms with Crippen LogP contribution in [0.4, 0.5) is 0 Å². The first-order valence-electron chi connectivity index (χ1n) is 7.26. The quantitative estimate of drug-likeness (QED) is 0.818. The van der Waals surface area contributed by atoms with E-state index in [-0.39, 0.29) is 35.9 Å². The van der Waals surface area contributed by atoms with E-state index in [1.807, 2.05) is 11.8 Å². The molecule has 3 rings (SSSR count). The van der Waals surface area contributed by atoms with Crippen molar-refractivity contribution >= 4 is 11.9 Å². The van der Waals surface area contributed by atoms with Crippen LogP contribution in [-0.4, -0.2) is 46.7 Å². The van der Waals surface area contributed by atoms with Gasteiger partial charge in [0.15, 0.2) is 0 Å². The summed E-state index contributed by atoms with van der Waals surface area (Å²) in [5.74, 6) is -1.06. The van der Waals surface area contributed by atoms with Crippen LogP contribution < -0.4 is 0 Å². The van der Waals surface area contributed by atoms with Crippen LogP contribution in [-0.2, 0) is 14.3 Å². The molecule has 0 aromatic rings. The van der Waals surface area contributed by atoms with Crippen molar-refractivity contribution < 1.29 is 19.4 Å². The maximum atomic E-state index is 12.7. The molecule has 3 aliphatic heterocycles. The molecule has 0 aromatic heterocycles. The standard InChI is InChI=1S/C14H21NO4/c1-8-10(3-2-6-19-8)13(16)15-9-4-5-12(15)11(7-9)14(17)18/h8-12H,2-7H2,1H3,(H,17,18)/t8-,9+,10-,11+,12-/m0/s1. The molecule has 1 N–H and O–H groups in total.